The Morgan fingerprint density at radius 3 is 1.13 bits per heavy atom. The zero-order valence-electron chi connectivity index (χ0n) is 40.3. The lowest BCUT2D eigenvalue weighted by molar-refractivity contribution is -0.131. The highest BCUT2D eigenvalue weighted by Gasteiger charge is 2.16. The normalized spacial score (nSPS) is 12.2. The van der Waals surface area contributed by atoms with Crippen molar-refractivity contribution in [2.75, 3.05) is 182 Å². The fourth-order valence-corrected chi connectivity index (χ4v) is 7.79. The van der Waals surface area contributed by atoms with E-state index in [4.69, 9.17) is 17.2 Å². The molecule has 0 aromatic rings. The van der Waals surface area contributed by atoms with E-state index in [2.05, 4.69) is 72.3 Å². The van der Waals surface area contributed by atoms with Gasteiger partial charge in [-0.05, 0) is 40.7 Å². The third-order valence-corrected chi connectivity index (χ3v) is 11.8. The van der Waals surface area contributed by atoms with Crippen molar-refractivity contribution in [3.8, 4) is 0 Å². The van der Waals surface area contributed by atoms with Gasteiger partial charge in [-0.25, -0.2) is 0 Å². The second-order valence-corrected chi connectivity index (χ2v) is 20.2. The van der Waals surface area contributed by atoms with Crippen LogP contribution in [0.2, 0.25) is 0 Å². The molecule has 0 fully saturated rings. The minimum absolute atomic E-state index is 0.155. The Kier molecular flexibility index (Phi) is 42.1. The second kappa shape index (κ2) is 42.7. The van der Waals surface area contributed by atoms with Crippen LogP contribution in [0.25, 0.3) is 0 Å². The molecule has 0 rings (SSSR count). The number of hydrogen-bond donors (Lipinski definition) is 14. The number of rotatable bonds is 48. The number of carbonyl (C=O) groups excluding carboxylic acids is 2. The van der Waals surface area contributed by atoms with Crippen molar-refractivity contribution in [3.63, 3.8) is 0 Å². The molecule has 0 aliphatic rings. The smallest absolute Gasteiger partial charge is 0.223 e. The van der Waals surface area contributed by atoms with Gasteiger partial charge in [-0.15, -0.1) is 0 Å². The van der Waals surface area contributed by atoms with E-state index in [1.807, 2.05) is 37.5 Å². The first-order valence-corrected chi connectivity index (χ1v) is 26.1. The number of nitrogens with zero attached hydrogens (tertiary/aromatic N) is 2. The molecule has 2 amide bonds. The molecule has 18 nitrogen and oxygen atoms in total. The van der Waals surface area contributed by atoms with E-state index >= 15 is 0 Å². The maximum atomic E-state index is 13.3. The number of amides is 2. The molecule has 0 aromatic carbocycles. The molecule has 0 spiro atoms. The van der Waals surface area contributed by atoms with Gasteiger partial charge in [0.05, 0.1) is 0 Å². The molecule has 0 radical (unpaired) electrons. The highest BCUT2D eigenvalue weighted by atomic mass is 33.1. The Labute approximate surface area is 386 Å². The average Bonchev–Trinajstić information content (AvgIpc) is 3.21. The van der Waals surface area contributed by atoms with Crippen molar-refractivity contribution in [1.29, 1.82) is 0 Å². The van der Waals surface area contributed by atoms with Gasteiger partial charge in [0.1, 0.15) is 0 Å². The lowest BCUT2D eigenvalue weighted by Crippen LogP contribution is -2.46. The van der Waals surface area contributed by atoms with Crippen molar-refractivity contribution in [2.24, 2.45) is 17.2 Å². The van der Waals surface area contributed by atoms with Crippen LogP contribution in [0.1, 0.15) is 60.8 Å². The van der Waals surface area contributed by atoms with Crippen LogP contribution in [0.5, 0.6) is 0 Å². The van der Waals surface area contributed by atoms with Gasteiger partial charge >= 0.3 is 0 Å². The van der Waals surface area contributed by atoms with Crippen LogP contribution in [0.3, 0.4) is 0 Å². The SMILES string of the molecule is CC(C)NCCNCCNCCNCCNCCN(CCNCC(C)(C)N)C(=O)CCSSCCC(=O)N(CCNCCNCCNCCN)CCNCCNCCC(C)(C)N. The van der Waals surface area contributed by atoms with Gasteiger partial charge < -0.3 is 85.5 Å². The molecule has 17 N–H and O–H groups in total. The first-order valence-electron chi connectivity index (χ1n) is 23.6. The summed E-state index contributed by atoms with van der Waals surface area (Å²) in [6.45, 7) is 33.7. The highest BCUT2D eigenvalue weighted by Crippen LogP contribution is 2.23. The van der Waals surface area contributed by atoms with Gasteiger partial charge in [0, 0.05) is 205 Å². The Bertz CT molecular complexity index is 1010. The largest absolute Gasteiger partial charge is 0.340 e. The van der Waals surface area contributed by atoms with Crippen molar-refractivity contribution >= 4 is 33.4 Å². The summed E-state index contributed by atoms with van der Waals surface area (Å²) < 4.78 is 0. The Morgan fingerprint density at radius 2 is 0.790 bits per heavy atom. The molecule has 0 unspecified atom stereocenters. The second-order valence-electron chi connectivity index (χ2n) is 17.5. The Hall–Kier alpha value is -0.920. The molecular formula is C42H98N16O2S2. The maximum absolute atomic E-state index is 13.3. The monoisotopic (exact) mass is 923 g/mol. The lowest BCUT2D eigenvalue weighted by atomic mass is 10.0. The van der Waals surface area contributed by atoms with Gasteiger partial charge in [0.2, 0.25) is 11.8 Å². The molecule has 370 valence electrons. The zero-order valence-corrected chi connectivity index (χ0v) is 41.9. The van der Waals surface area contributed by atoms with E-state index in [-0.39, 0.29) is 22.9 Å². The quantitative estimate of drug-likeness (QED) is 0.0223. The van der Waals surface area contributed by atoms with Crippen LogP contribution in [-0.2, 0) is 9.59 Å². The van der Waals surface area contributed by atoms with Gasteiger partial charge in [-0.1, -0.05) is 35.4 Å². The van der Waals surface area contributed by atoms with E-state index in [1.54, 1.807) is 21.6 Å². The van der Waals surface area contributed by atoms with Crippen molar-refractivity contribution in [2.45, 2.75) is 77.9 Å². The minimum Gasteiger partial charge on any atom is -0.340 e. The van der Waals surface area contributed by atoms with Gasteiger partial charge in [0.25, 0.3) is 0 Å². The average molecular weight is 923 g/mol. The molecule has 0 aliphatic heterocycles. The molecule has 0 saturated carbocycles. The van der Waals surface area contributed by atoms with Crippen LogP contribution in [-0.4, -0.2) is 220 Å². The summed E-state index contributed by atoms with van der Waals surface area (Å²) in [5.41, 5.74) is 17.3. The summed E-state index contributed by atoms with van der Waals surface area (Å²) in [6, 6.07) is 0.526. The standard InChI is InChI=1S/C42H98N16O2S2/c1-38(2)56-26-25-51-19-18-49-16-17-50-21-24-54-29-33-58(34-30-55-37-42(5,6)45)40(60)8-36-62-61-35-7-39(59)57(31-27-52-22-13-46-11-9-41(3,4)44)32-28-53-23-20-48-15-14-47-12-10-43/h38,46-56H,7-37,43-45H2,1-6H3. The molecule has 0 saturated heterocycles. The van der Waals surface area contributed by atoms with Crippen LogP contribution >= 0.6 is 21.6 Å². The summed E-state index contributed by atoms with van der Waals surface area (Å²) in [5.74, 6) is 1.74. The summed E-state index contributed by atoms with van der Waals surface area (Å²) in [7, 11) is 3.35. The molecular weight excluding hydrogens is 825 g/mol. The number of hydrogen-bond acceptors (Lipinski definition) is 18. The fourth-order valence-electron chi connectivity index (χ4n) is 5.83. The van der Waals surface area contributed by atoms with Gasteiger partial charge in [0.15, 0.2) is 0 Å². The zero-order chi connectivity index (χ0) is 46.0. The molecule has 0 atom stereocenters. The fraction of sp³-hybridized carbons (Fsp3) is 0.952. The molecule has 20 heteroatoms. The van der Waals surface area contributed by atoms with E-state index in [9.17, 15) is 9.59 Å². The first kappa shape index (κ1) is 61.1. The molecule has 62 heavy (non-hydrogen) atoms. The van der Waals surface area contributed by atoms with Crippen LogP contribution < -0.4 is 75.7 Å². The Morgan fingerprint density at radius 1 is 0.468 bits per heavy atom. The van der Waals surface area contributed by atoms with Crippen molar-refractivity contribution < 1.29 is 9.59 Å². The summed E-state index contributed by atoms with van der Waals surface area (Å²) in [4.78, 5) is 30.6. The maximum Gasteiger partial charge on any atom is 0.223 e. The van der Waals surface area contributed by atoms with Crippen LogP contribution in [0, 0.1) is 0 Å². The third-order valence-electron chi connectivity index (χ3n) is 9.39. The van der Waals surface area contributed by atoms with Crippen molar-refractivity contribution in [3.05, 3.63) is 0 Å². The number of nitrogens with one attached hydrogen (secondary N) is 11. The van der Waals surface area contributed by atoms with E-state index in [0.29, 0.717) is 76.2 Å². The summed E-state index contributed by atoms with van der Waals surface area (Å²) in [5, 5.41) is 37.8. The highest BCUT2D eigenvalue weighted by molar-refractivity contribution is 8.76. The number of nitrogens with two attached hydrogens (primary N) is 3. The molecule has 0 bridgehead atoms. The Balaban J connectivity index is 4.56. The topological polar surface area (TPSA) is 251 Å². The predicted octanol–water partition coefficient (Wildman–Crippen LogP) is -2.48. The number of carbonyl (C=O) groups is 2. The third kappa shape index (κ3) is 45.6. The predicted molar refractivity (Wildman–Crippen MR) is 269 cm³/mol. The van der Waals surface area contributed by atoms with Gasteiger partial charge in [-0.3, -0.25) is 9.59 Å². The van der Waals surface area contributed by atoms with Crippen molar-refractivity contribution in [1.82, 2.24) is 68.3 Å². The van der Waals surface area contributed by atoms with E-state index < -0.39 is 0 Å². The summed E-state index contributed by atoms with van der Waals surface area (Å²) in [6.07, 6.45) is 1.86. The first-order chi connectivity index (χ1) is 29.7. The minimum atomic E-state index is -0.305. The van der Waals surface area contributed by atoms with Crippen LogP contribution in [0.4, 0.5) is 0 Å². The molecule has 0 aromatic heterocycles. The molecule has 0 aliphatic carbocycles. The lowest BCUT2D eigenvalue weighted by Gasteiger charge is -2.25. The molecule has 0 heterocycles. The van der Waals surface area contributed by atoms with Gasteiger partial charge in [-0.2, -0.15) is 0 Å². The van der Waals surface area contributed by atoms with Crippen LogP contribution in [0.15, 0.2) is 0 Å². The summed E-state index contributed by atoms with van der Waals surface area (Å²) >= 11 is 0. The van der Waals surface area contributed by atoms with E-state index in [1.165, 1.54) is 0 Å². The van der Waals surface area contributed by atoms with E-state index in [0.717, 1.165) is 131 Å².